The molecule has 1 atom stereocenters. The third-order valence-corrected chi connectivity index (χ3v) is 4.54. The maximum atomic E-state index is 12.5. The van der Waals surface area contributed by atoms with Crippen molar-refractivity contribution in [1.82, 2.24) is 9.88 Å². The number of pyridine rings is 1. The van der Waals surface area contributed by atoms with Crippen molar-refractivity contribution in [2.75, 3.05) is 31.1 Å². The van der Waals surface area contributed by atoms with E-state index in [2.05, 4.69) is 28.9 Å². The van der Waals surface area contributed by atoms with Crippen molar-refractivity contribution in [3.8, 4) is 5.75 Å². The average Bonchev–Trinajstić information content (AvgIpc) is 2.63. The maximum absolute atomic E-state index is 12.5. The first-order valence-corrected chi connectivity index (χ1v) is 8.36. The highest BCUT2D eigenvalue weighted by Gasteiger charge is 2.23. The Balaban J connectivity index is 1.52. The van der Waals surface area contributed by atoms with Crippen molar-refractivity contribution >= 4 is 11.7 Å². The predicted octanol–water partition coefficient (Wildman–Crippen LogP) is 2.63. The smallest absolute Gasteiger partial charge is 0.223 e. The van der Waals surface area contributed by atoms with E-state index >= 15 is 0 Å². The molecule has 1 N–H and O–H groups in total. The van der Waals surface area contributed by atoms with Gasteiger partial charge in [-0.3, -0.25) is 4.79 Å². The Morgan fingerprint density at radius 1 is 1.12 bits per heavy atom. The van der Waals surface area contributed by atoms with Crippen LogP contribution < -0.4 is 4.90 Å². The molecule has 0 radical (unpaired) electrons. The second-order valence-corrected chi connectivity index (χ2v) is 6.26. The summed E-state index contributed by atoms with van der Waals surface area (Å²) in [5, 5.41) is 9.31. The largest absolute Gasteiger partial charge is 0.506 e. The van der Waals surface area contributed by atoms with Crippen molar-refractivity contribution < 1.29 is 9.90 Å². The maximum Gasteiger partial charge on any atom is 0.223 e. The van der Waals surface area contributed by atoms with Crippen LogP contribution in [0.15, 0.2) is 48.7 Å². The molecule has 1 aliphatic rings. The van der Waals surface area contributed by atoms with Crippen LogP contribution in [-0.4, -0.2) is 47.1 Å². The fraction of sp³-hybridized carbons (Fsp3) is 0.368. The van der Waals surface area contributed by atoms with Gasteiger partial charge in [0.1, 0.15) is 11.6 Å². The highest BCUT2D eigenvalue weighted by atomic mass is 16.3. The van der Waals surface area contributed by atoms with Crippen LogP contribution in [0, 0.1) is 0 Å². The van der Waals surface area contributed by atoms with E-state index in [1.807, 2.05) is 29.2 Å². The summed E-state index contributed by atoms with van der Waals surface area (Å²) in [5.74, 6) is 1.46. The highest BCUT2D eigenvalue weighted by Crippen LogP contribution is 2.21. The zero-order valence-corrected chi connectivity index (χ0v) is 13.9. The monoisotopic (exact) mass is 325 g/mol. The van der Waals surface area contributed by atoms with Gasteiger partial charge >= 0.3 is 0 Å². The summed E-state index contributed by atoms with van der Waals surface area (Å²) in [6.07, 6.45) is 2.00. The fourth-order valence-electron chi connectivity index (χ4n) is 3.04. The molecule has 126 valence electrons. The number of anilines is 1. The molecule has 1 aromatic heterocycles. The lowest BCUT2D eigenvalue weighted by molar-refractivity contribution is -0.131. The molecule has 5 heteroatoms. The Morgan fingerprint density at radius 3 is 2.46 bits per heavy atom. The molecule has 24 heavy (non-hydrogen) atoms. The van der Waals surface area contributed by atoms with Crippen LogP contribution in [0.2, 0.25) is 0 Å². The lowest BCUT2D eigenvalue weighted by Gasteiger charge is -2.35. The minimum absolute atomic E-state index is 0.169. The van der Waals surface area contributed by atoms with Crippen LogP contribution in [0.4, 0.5) is 5.82 Å². The average molecular weight is 325 g/mol. The van der Waals surface area contributed by atoms with Crippen molar-refractivity contribution in [2.24, 2.45) is 0 Å². The second-order valence-electron chi connectivity index (χ2n) is 6.26. The Labute approximate surface area is 142 Å². The number of hydrogen-bond acceptors (Lipinski definition) is 4. The lowest BCUT2D eigenvalue weighted by Crippen LogP contribution is -2.49. The molecule has 1 aromatic carbocycles. The molecule has 1 saturated heterocycles. The molecular weight excluding hydrogens is 302 g/mol. The normalized spacial score (nSPS) is 16.0. The Morgan fingerprint density at radius 2 is 1.83 bits per heavy atom. The number of amides is 1. The first kappa shape index (κ1) is 16.3. The number of benzene rings is 1. The van der Waals surface area contributed by atoms with Gasteiger partial charge in [0, 0.05) is 32.6 Å². The minimum atomic E-state index is 0.169. The number of nitrogens with zero attached hydrogens (tertiary/aromatic N) is 3. The second kappa shape index (κ2) is 7.34. The molecule has 0 saturated carbocycles. The topological polar surface area (TPSA) is 56.7 Å². The zero-order chi connectivity index (χ0) is 16.9. The van der Waals surface area contributed by atoms with Crippen LogP contribution in [0.3, 0.4) is 0 Å². The molecule has 0 bridgehead atoms. The highest BCUT2D eigenvalue weighted by molar-refractivity contribution is 5.77. The molecule has 5 nitrogen and oxygen atoms in total. The number of rotatable bonds is 4. The van der Waals surface area contributed by atoms with Crippen LogP contribution >= 0.6 is 0 Å². The van der Waals surface area contributed by atoms with E-state index in [1.165, 1.54) is 11.8 Å². The van der Waals surface area contributed by atoms with Gasteiger partial charge in [0.05, 0.1) is 6.20 Å². The Bertz CT molecular complexity index is 665. The van der Waals surface area contributed by atoms with Gasteiger partial charge in [0.25, 0.3) is 0 Å². The van der Waals surface area contributed by atoms with Crippen molar-refractivity contribution in [3.63, 3.8) is 0 Å². The van der Waals surface area contributed by atoms with E-state index in [4.69, 9.17) is 0 Å². The van der Waals surface area contributed by atoms with E-state index in [0.29, 0.717) is 19.5 Å². The summed E-state index contributed by atoms with van der Waals surface area (Å²) in [5.41, 5.74) is 1.21. The van der Waals surface area contributed by atoms with Gasteiger partial charge in [-0.05, 0) is 23.6 Å². The third-order valence-electron chi connectivity index (χ3n) is 4.54. The number of hydrogen-bond donors (Lipinski definition) is 1. The van der Waals surface area contributed by atoms with Crippen LogP contribution in [0.25, 0.3) is 0 Å². The minimum Gasteiger partial charge on any atom is -0.506 e. The summed E-state index contributed by atoms with van der Waals surface area (Å²) in [6.45, 7) is 5.06. The number of aromatic hydroxyl groups is 1. The third kappa shape index (κ3) is 3.85. The van der Waals surface area contributed by atoms with Gasteiger partial charge in [-0.15, -0.1) is 0 Å². The van der Waals surface area contributed by atoms with Crippen LogP contribution in [0.5, 0.6) is 5.75 Å². The molecule has 1 fully saturated rings. The number of carbonyl (C=O) groups is 1. The molecular formula is C19H23N3O2. The van der Waals surface area contributed by atoms with Crippen LogP contribution in [0.1, 0.15) is 24.8 Å². The van der Waals surface area contributed by atoms with Crippen LogP contribution in [-0.2, 0) is 4.79 Å². The Kier molecular flexibility index (Phi) is 4.99. The molecule has 0 spiro atoms. The quantitative estimate of drug-likeness (QED) is 0.939. The molecule has 2 heterocycles. The summed E-state index contributed by atoms with van der Waals surface area (Å²) >= 11 is 0. The molecule has 3 rings (SSSR count). The molecule has 0 aliphatic carbocycles. The first-order chi connectivity index (χ1) is 11.6. The first-order valence-electron chi connectivity index (χ1n) is 8.36. The van der Waals surface area contributed by atoms with Crippen molar-refractivity contribution in [3.05, 3.63) is 54.2 Å². The summed E-state index contributed by atoms with van der Waals surface area (Å²) in [6, 6.07) is 13.6. The Hall–Kier alpha value is -2.56. The molecule has 1 aliphatic heterocycles. The zero-order valence-electron chi connectivity index (χ0n) is 13.9. The summed E-state index contributed by atoms with van der Waals surface area (Å²) < 4.78 is 0. The summed E-state index contributed by atoms with van der Waals surface area (Å²) in [4.78, 5) is 20.8. The lowest BCUT2D eigenvalue weighted by atomic mass is 9.97. The van der Waals surface area contributed by atoms with Crippen molar-refractivity contribution in [1.29, 1.82) is 0 Å². The van der Waals surface area contributed by atoms with Gasteiger partial charge < -0.3 is 14.9 Å². The SMILES string of the molecule is CC(CC(=O)N1CCN(c2ccc(O)cn2)CC1)c1ccccc1. The van der Waals surface area contributed by atoms with E-state index in [0.717, 1.165) is 18.9 Å². The van der Waals surface area contributed by atoms with Gasteiger partial charge in [-0.1, -0.05) is 37.3 Å². The van der Waals surface area contributed by atoms with Gasteiger partial charge in [-0.2, -0.15) is 0 Å². The molecule has 2 aromatic rings. The van der Waals surface area contributed by atoms with E-state index in [1.54, 1.807) is 6.07 Å². The van der Waals surface area contributed by atoms with E-state index < -0.39 is 0 Å². The van der Waals surface area contributed by atoms with Gasteiger partial charge in [0.2, 0.25) is 5.91 Å². The van der Waals surface area contributed by atoms with E-state index in [9.17, 15) is 9.90 Å². The number of piperazine rings is 1. The number of aromatic nitrogens is 1. The fourth-order valence-corrected chi connectivity index (χ4v) is 3.04. The van der Waals surface area contributed by atoms with Gasteiger partial charge in [-0.25, -0.2) is 4.98 Å². The predicted molar refractivity (Wildman–Crippen MR) is 94.2 cm³/mol. The van der Waals surface area contributed by atoms with E-state index in [-0.39, 0.29) is 17.6 Å². The standard InChI is InChI=1S/C19H23N3O2/c1-15(16-5-3-2-4-6-16)13-19(24)22-11-9-21(10-12-22)18-8-7-17(23)14-20-18/h2-8,14-15,23H,9-13H2,1H3. The van der Waals surface area contributed by atoms with Crippen molar-refractivity contribution in [2.45, 2.75) is 19.3 Å². The summed E-state index contributed by atoms with van der Waals surface area (Å²) in [7, 11) is 0. The van der Waals surface area contributed by atoms with Gasteiger partial charge in [0.15, 0.2) is 0 Å². The molecule has 1 amide bonds. The number of carbonyl (C=O) groups excluding carboxylic acids is 1. The molecule has 1 unspecified atom stereocenters.